The van der Waals surface area contributed by atoms with E-state index in [4.69, 9.17) is 25.5 Å². The molecule has 7 heteroatoms. The maximum absolute atomic E-state index is 6.06. The van der Waals surface area contributed by atoms with E-state index in [0.29, 0.717) is 24.8 Å². The number of rotatable bonds is 6. The normalized spacial score (nSPS) is 16.0. The molecule has 1 aromatic heterocycles. The van der Waals surface area contributed by atoms with Crippen molar-refractivity contribution in [2.75, 3.05) is 26.3 Å². The van der Waals surface area contributed by atoms with Crippen LogP contribution in [-0.2, 0) is 16.1 Å². The Morgan fingerprint density at radius 3 is 2.65 bits per heavy atom. The Hall–Kier alpha value is -2.93. The van der Waals surface area contributed by atoms with Gasteiger partial charge in [0.2, 0.25) is 0 Å². The lowest BCUT2D eigenvalue weighted by Crippen LogP contribution is -2.38. The molecule has 2 aromatic rings. The Labute approximate surface area is 152 Å². The number of nitrogens with two attached hydrogens (primary N) is 2. The van der Waals surface area contributed by atoms with Crippen molar-refractivity contribution in [2.24, 2.45) is 11.5 Å². The van der Waals surface area contributed by atoms with Crippen LogP contribution in [0, 0.1) is 6.92 Å². The summed E-state index contributed by atoms with van der Waals surface area (Å²) in [7, 11) is 0. The molecule has 4 N–H and O–H groups in total. The Kier molecular flexibility index (Phi) is 5.80. The number of aromatic nitrogens is 1. The van der Waals surface area contributed by atoms with Gasteiger partial charge >= 0.3 is 0 Å². The molecule has 0 unspecified atom stereocenters. The van der Waals surface area contributed by atoms with Gasteiger partial charge in [-0.25, -0.2) is 0 Å². The van der Waals surface area contributed by atoms with Crippen LogP contribution >= 0.6 is 0 Å². The molecule has 1 fully saturated rings. The predicted octanol–water partition coefficient (Wildman–Crippen LogP) is 2.10. The van der Waals surface area contributed by atoms with Gasteiger partial charge in [0.15, 0.2) is 5.88 Å². The first-order valence-corrected chi connectivity index (χ1v) is 8.54. The quantitative estimate of drug-likeness (QED) is 0.604. The number of morpholine rings is 1. The van der Waals surface area contributed by atoms with Gasteiger partial charge in [0, 0.05) is 24.7 Å². The Morgan fingerprint density at radius 1 is 1.19 bits per heavy atom. The zero-order valence-electron chi connectivity index (χ0n) is 14.9. The monoisotopic (exact) mass is 356 g/mol. The molecule has 138 valence electrons. The van der Waals surface area contributed by atoms with Crippen LogP contribution in [0.4, 0.5) is 0 Å². The number of allylic oxidation sites excluding steroid dienone is 2. The molecule has 0 saturated carbocycles. The molecule has 0 radical (unpaired) electrons. The number of hydrogen-bond acceptors (Lipinski definition) is 7. The molecule has 3 rings (SSSR count). The van der Waals surface area contributed by atoms with Crippen molar-refractivity contribution in [1.82, 2.24) is 10.1 Å². The van der Waals surface area contributed by atoms with Gasteiger partial charge in [-0.05, 0) is 13.0 Å². The lowest BCUT2D eigenvalue weighted by atomic mass is 10.1. The molecule has 1 aliphatic heterocycles. The van der Waals surface area contributed by atoms with E-state index in [9.17, 15) is 0 Å². The Bertz CT molecular complexity index is 777. The van der Waals surface area contributed by atoms with Crippen LogP contribution in [0.15, 0.2) is 58.7 Å². The van der Waals surface area contributed by atoms with Crippen LogP contribution in [0.2, 0.25) is 0 Å². The highest BCUT2D eigenvalue weighted by molar-refractivity contribution is 5.63. The second-order valence-corrected chi connectivity index (χ2v) is 5.98. The lowest BCUT2D eigenvalue weighted by Gasteiger charge is -2.28. The highest BCUT2D eigenvalue weighted by atomic mass is 16.5. The minimum absolute atomic E-state index is 0.271. The smallest absolute Gasteiger partial charge is 0.184 e. The van der Waals surface area contributed by atoms with E-state index >= 15 is 0 Å². The Morgan fingerprint density at radius 2 is 1.92 bits per heavy atom. The highest BCUT2D eigenvalue weighted by Crippen LogP contribution is 2.25. The zero-order valence-corrected chi connectivity index (χ0v) is 14.9. The van der Waals surface area contributed by atoms with Gasteiger partial charge in [-0.1, -0.05) is 35.5 Å². The SMILES string of the molecule is Cc1onc(-c2ccccc2)c1CO/C(N)=C/C=C(\N)N1CCOCC1. The first-order chi connectivity index (χ1) is 12.6. The number of nitrogens with zero attached hydrogens (tertiary/aromatic N) is 2. The first-order valence-electron chi connectivity index (χ1n) is 8.54. The topological polar surface area (TPSA) is 99.8 Å². The van der Waals surface area contributed by atoms with Crippen molar-refractivity contribution < 1.29 is 14.0 Å². The maximum Gasteiger partial charge on any atom is 0.184 e. The standard InChI is InChI=1S/C19H24N4O3/c1-14-16(19(22-26-14)15-5-3-2-4-6-15)13-25-18(21)8-7-17(20)23-9-11-24-12-10-23/h2-8H,9-13,20-21H2,1H3/b17-7+,18-8+. The molecule has 7 nitrogen and oxygen atoms in total. The lowest BCUT2D eigenvalue weighted by molar-refractivity contribution is 0.0530. The predicted molar refractivity (Wildman–Crippen MR) is 98.4 cm³/mol. The van der Waals surface area contributed by atoms with Crippen molar-refractivity contribution in [3.63, 3.8) is 0 Å². The third-order valence-corrected chi connectivity index (χ3v) is 4.21. The largest absolute Gasteiger partial charge is 0.474 e. The molecule has 1 aliphatic rings. The summed E-state index contributed by atoms with van der Waals surface area (Å²) in [6, 6.07) is 9.82. The van der Waals surface area contributed by atoms with E-state index in [0.717, 1.165) is 29.9 Å². The van der Waals surface area contributed by atoms with Crippen molar-refractivity contribution in [3.05, 3.63) is 65.5 Å². The second kappa shape index (κ2) is 8.44. The third kappa shape index (κ3) is 4.37. The van der Waals surface area contributed by atoms with Crippen molar-refractivity contribution in [1.29, 1.82) is 0 Å². The molecule has 1 saturated heterocycles. The number of aryl methyl sites for hydroxylation is 1. The van der Waals surface area contributed by atoms with Gasteiger partial charge in [-0.15, -0.1) is 0 Å². The van der Waals surface area contributed by atoms with E-state index in [2.05, 4.69) is 5.16 Å². The summed E-state index contributed by atoms with van der Waals surface area (Å²) >= 11 is 0. The van der Waals surface area contributed by atoms with Gasteiger partial charge in [-0.2, -0.15) is 0 Å². The fourth-order valence-electron chi connectivity index (χ4n) is 2.68. The van der Waals surface area contributed by atoms with Crippen molar-refractivity contribution in [2.45, 2.75) is 13.5 Å². The van der Waals surface area contributed by atoms with Crippen molar-refractivity contribution in [3.8, 4) is 11.3 Å². The minimum atomic E-state index is 0.271. The summed E-state index contributed by atoms with van der Waals surface area (Å²) in [4.78, 5) is 2.05. The summed E-state index contributed by atoms with van der Waals surface area (Å²) < 4.78 is 16.3. The van der Waals surface area contributed by atoms with Gasteiger partial charge < -0.3 is 30.4 Å². The molecular formula is C19H24N4O3. The molecule has 0 atom stereocenters. The number of hydrogen-bond donors (Lipinski definition) is 2. The average Bonchev–Trinajstić information content (AvgIpc) is 3.06. The fourth-order valence-corrected chi connectivity index (χ4v) is 2.68. The molecule has 0 amide bonds. The zero-order chi connectivity index (χ0) is 18.4. The third-order valence-electron chi connectivity index (χ3n) is 4.21. The van der Waals surface area contributed by atoms with Gasteiger partial charge in [0.05, 0.1) is 24.6 Å². The van der Waals surface area contributed by atoms with Crippen LogP contribution < -0.4 is 11.5 Å². The van der Waals surface area contributed by atoms with Crippen LogP contribution in [0.25, 0.3) is 11.3 Å². The average molecular weight is 356 g/mol. The maximum atomic E-state index is 6.06. The molecule has 0 bridgehead atoms. The van der Waals surface area contributed by atoms with E-state index in [1.54, 1.807) is 12.2 Å². The van der Waals surface area contributed by atoms with E-state index in [1.807, 2.05) is 42.2 Å². The molecule has 0 spiro atoms. The Balaban J connectivity index is 1.64. The van der Waals surface area contributed by atoms with E-state index < -0.39 is 0 Å². The van der Waals surface area contributed by atoms with Gasteiger partial charge in [0.1, 0.15) is 18.1 Å². The van der Waals surface area contributed by atoms with Crippen LogP contribution in [-0.4, -0.2) is 36.4 Å². The van der Waals surface area contributed by atoms with Crippen LogP contribution in [0.3, 0.4) is 0 Å². The molecule has 26 heavy (non-hydrogen) atoms. The summed E-state index contributed by atoms with van der Waals surface area (Å²) in [5.41, 5.74) is 14.6. The summed E-state index contributed by atoms with van der Waals surface area (Å²) in [6.45, 7) is 5.04. The molecule has 1 aromatic carbocycles. The summed E-state index contributed by atoms with van der Waals surface area (Å²) in [5, 5.41) is 4.13. The van der Waals surface area contributed by atoms with Gasteiger partial charge in [-0.3, -0.25) is 0 Å². The molecule has 2 heterocycles. The summed E-state index contributed by atoms with van der Waals surface area (Å²) in [6.07, 6.45) is 3.41. The minimum Gasteiger partial charge on any atom is -0.474 e. The second-order valence-electron chi connectivity index (χ2n) is 5.98. The fraction of sp³-hybridized carbons (Fsp3) is 0.316. The molecular weight excluding hydrogens is 332 g/mol. The summed E-state index contributed by atoms with van der Waals surface area (Å²) in [5.74, 6) is 1.63. The van der Waals surface area contributed by atoms with Crippen molar-refractivity contribution >= 4 is 0 Å². The van der Waals surface area contributed by atoms with E-state index in [1.165, 1.54) is 0 Å². The van der Waals surface area contributed by atoms with E-state index in [-0.39, 0.29) is 12.5 Å². The van der Waals surface area contributed by atoms with Crippen LogP contribution in [0.1, 0.15) is 11.3 Å². The first kappa shape index (κ1) is 17.9. The highest BCUT2D eigenvalue weighted by Gasteiger charge is 2.15. The molecule has 0 aliphatic carbocycles. The van der Waals surface area contributed by atoms with Gasteiger partial charge in [0.25, 0.3) is 0 Å². The van der Waals surface area contributed by atoms with Crippen LogP contribution in [0.5, 0.6) is 0 Å². The number of benzene rings is 1. The number of ether oxygens (including phenoxy) is 2.